The van der Waals surface area contributed by atoms with Crippen molar-refractivity contribution in [3.8, 4) is 0 Å². The minimum absolute atomic E-state index is 0.0591. The van der Waals surface area contributed by atoms with E-state index in [4.69, 9.17) is 11.6 Å². The molecule has 0 saturated heterocycles. The Morgan fingerprint density at radius 3 is 2.20 bits per heavy atom. The van der Waals surface area contributed by atoms with Crippen LogP contribution in [0.5, 0.6) is 0 Å². The Bertz CT molecular complexity index is 1410. The molecule has 2 amide bonds. The molecule has 9 heteroatoms. The van der Waals surface area contributed by atoms with Gasteiger partial charge in [0.25, 0.3) is 10.0 Å². The molecule has 0 aliphatic heterocycles. The van der Waals surface area contributed by atoms with Crippen LogP contribution in [-0.2, 0) is 26.0 Å². The fourth-order valence-corrected chi connectivity index (χ4v) is 5.99. The van der Waals surface area contributed by atoms with Gasteiger partial charge in [-0.25, -0.2) is 8.42 Å². The lowest BCUT2D eigenvalue weighted by molar-refractivity contribution is -0.139. The average Bonchev–Trinajstić information content (AvgIpc) is 2.92. The number of hydrogen-bond donors (Lipinski definition) is 1. The van der Waals surface area contributed by atoms with E-state index < -0.39 is 28.5 Å². The fourth-order valence-electron chi connectivity index (χ4n) is 4.29. The molecule has 0 spiro atoms. The van der Waals surface area contributed by atoms with Gasteiger partial charge in [-0.1, -0.05) is 66.6 Å². The van der Waals surface area contributed by atoms with Crippen molar-refractivity contribution in [2.24, 2.45) is 0 Å². The number of anilines is 1. The molecular weight excluding hydrogens is 546 g/mol. The summed E-state index contributed by atoms with van der Waals surface area (Å²) in [7, 11) is -4.13. The molecule has 0 heterocycles. The largest absolute Gasteiger partial charge is 0.352 e. The van der Waals surface area contributed by atoms with E-state index in [1.54, 1.807) is 44.2 Å². The summed E-state index contributed by atoms with van der Waals surface area (Å²) in [4.78, 5) is 28.6. The summed E-state index contributed by atoms with van der Waals surface area (Å²) in [5.41, 5.74) is 2.87. The third-order valence-electron chi connectivity index (χ3n) is 6.97. The molecule has 3 rings (SSSR count). The van der Waals surface area contributed by atoms with E-state index in [9.17, 15) is 18.0 Å². The van der Waals surface area contributed by atoms with Crippen LogP contribution >= 0.6 is 11.6 Å². The number of nitrogens with zero attached hydrogens (tertiary/aromatic N) is 2. The van der Waals surface area contributed by atoms with Crippen LogP contribution in [0.15, 0.2) is 77.7 Å². The summed E-state index contributed by atoms with van der Waals surface area (Å²) in [6.07, 6.45) is 1.26. The first kappa shape index (κ1) is 31.2. The van der Waals surface area contributed by atoms with E-state index in [1.165, 1.54) is 17.0 Å². The zero-order chi connectivity index (χ0) is 29.4. The first-order chi connectivity index (χ1) is 18.9. The van der Waals surface area contributed by atoms with Crippen LogP contribution in [0.3, 0.4) is 0 Å². The number of amides is 2. The molecule has 40 heavy (non-hydrogen) atoms. The second-order valence-corrected chi connectivity index (χ2v) is 12.4. The molecule has 3 aromatic rings. The summed E-state index contributed by atoms with van der Waals surface area (Å²) in [5, 5.41) is 3.40. The molecule has 1 N–H and O–H groups in total. The third-order valence-corrected chi connectivity index (χ3v) is 8.98. The van der Waals surface area contributed by atoms with Crippen LogP contribution < -0.4 is 9.62 Å². The predicted molar refractivity (Wildman–Crippen MR) is 161 cm³/mol. The Morgan fingerprint density at radius 2 is 1.60 bits per heavy atom. The molecule has 0 aliphatic rings. The Labute approximate surface area is 243 Å². The normalized spacial score (nSPS) is 12.8. The average molecular weight is 584 g/mol. The fraction of sp³-hybridized carbons (Fsp3) is 0.355. The maximum absolute atomic E-state index is 14.0. The van der Waals surface area contributed by atoms with Crippen molar-refractivity contribution in [3.63, 3.8) is 0 Å². The van der Waals surface area contributed by atoms with Crippen LogP contribution in [-0.4, -0.2) is 50.3 Å². The quantitative estimate of drug-likeness (QED) is 0.304. The summed E-state index contributed by atoms with van der Waals surface area (Å²) in [6, 6.07) is 20.2. The summed E-state index contributed by atoms with van der Waals surface area (Å²) in [5.74, 6) is -0.765. The molecule has 3 aromatic carbocycles. The van der Waals surface area contributed by atoms with Gasteiger partial charge in [0.2, 0.25) is 11.8 Å². The number of carbonyl (C=O) groups excluding carboxylic acids is 2. The Morgan fingerprint density at radius 1 is 0.950 bits per heavy atom. The van der Waals surface area contributed by atoms with Crippen molar-refractivity contribution in [1.82, 2.24) is 10.2 Å². The van der Waals surface area contributed by atoms with Gasteiger partial charge >= 0.3 is 0 Å². The van der Waals surface area contributed by atoms with Crippen LogP contribution in [0.1, 0.15) is 43.9 Å². The number of nitrogens with one attached hydrogen (secondary N) is 1. The highest BCUT2D eigenvalue weighted by atomic mass is 35.5. The minimum Gasteiger partial charge on any atom is -0.352 e. The number of sulfonamides is 1. The lowest BCUT2D eigenvalue weighted by Gasteiger charge is -2.33. The maximum Gasteiger partial charge on any atom is 0.264 e. The molecular formula is C31H38ClN3O4S. The van der Waals surface area contributed by atoms with Gasteiger partial charge in [0.15, 0.2) is 0 Å². The van der Waals surface area contributed by atoms with E-state index in [0.717, 1.165) is 21.9 Å². The molecule has 214 valence electrons. The molecule has 7 nitrogen and oxygen atoms in total. The van der Waals surface area contributed by atoms with Crippen molar-refractivity contribution in [2.75, 3.05) is 17.4 Å². The molecule has 0 saturated carbocycles. The number of carbonyl (C=O) groups is 2. The summed E-state index contributed by atoms with van der Waals surface area (Å²) < 4.78 is 29.0. The van der Waals surface area contributed by atoms with Gasteiger partial charge in [-0.3, -0.25) is 13.9 Å². The van der Waals surface area contributed by atoms with E-state index in [-0.39, 0.29) is 23.4 Å². The van der Waals surface area contributed by atoms with E-state index in [0.29, 0.717) is 22.7 Å². The first-order valence-corrected chi connectivity index (χ1v) is 15.2. The molecule has 2 unspecified atom stereocenters. The van der Waals surface area contributed by atoms with Crippen LogP contribution in [0.25, 0.3) is 0 Å². The lowest BCUT2D eigenvalue weighted by Crippen LogP contribution is -2.53. The van der Waals surface area contributed by atoms with E-state index in [2.05, 4.69) is 5.32 Å². The molecule has 0 aliphatic carbocycles. The van der Waals surface area contributed by atoms with Crippen molar-refractivity contribution in [2.45, 2.75) is 64.4 Å². The highest BCUT2D eigenvalue weighted by Crippen LogP contribution is 2.29. The van der Waals surface area contributed by atoms with Crippen molar-refractivity contribution < 1.29 is 18.0 Å². The summed E-state index contributed by atoms with van der Waals surface area (Å²) >= 11 is 6.17. The SMILES string of the molecule is CCC(C)NC(=O)C(C)N(CCc1ccccc1)C(=O)CN(c1ccc(Cl)cc1C)S(=O)(=O)c1ccc(C)cc1. The first-order valence-electron chi connectivity index (χ1n) is 13.4. The van der Waals surface area contributed by atoms with Gasteiger partial charge in [0, 0.05) is 17.6 Å². The Kier molecular flexibility index (Phi) is 10.8. The van der Waals surface area contributed by atoms with Crippen LogP contribution in [0.2, 0.25) is 5.02 Å². The highest BCUT2D eigenvalue weighted by molar-refractivity contribution is 7.92. The van der Waals surface area contributed by atoms with Gasteiger partial charge in [0.1, 0.15) is 12.6 Å². The molecule has 0 aromatic heterocycles. The van der Waals surface area contributed by atoms with Gasteiger partial charge in [-0.05, 0) is 82.0 Å². The van der Waals surface area contributed by atoms with Gasteiger partial charge < -0.3 is 10.2 Å². The zero-order valence-electron chi connectivity index (χ0n) is 23.7. The van der Waals surface area contributed by atoms with Gasteiger partial charge in [-0.15, -0.1) is 0 Å². The molecule has 0 fully saturated rings. The number of benzene rings is 3. The van der Waals surface area contributed by atoms with Gasteiger partial charge in [-0.2, -0.15) is 0 Å². The second-order valence-electron chi connectivity index (χ2n) is 10.1. The second kappa shape index (κ2) is 13.8. The molecule has 0 bridgehead atoms. The lowest BCUT2D eigenvalue weighted by atomic mass is 10.1. The third kappa shape index (κ3) is 7.86. The van der Waals surface area contributed by atoms with Crippen molar-refractivity contribution in [3.05, 3.63) is 94.5 Å². The van der Waals surface area contributed by atoms with Crippen molar-refractivity contribution >= 4 is 39.1 Å². The molecule has 0 radical (unpaired) electrons. The Hall–Kier alpha value is -3.36. The van der Waals surface area contributed by atoms with E-state index in [1.807, 2.05) is 51.1 Å². The smallest absolute Gasteiger partial charge is 0.264 e. The monoisotopic (exact) mass is 583 g/mol. The van der Waals surface area contributed by atoms with Crippen LogP contribution in [0, 0.1) is 13.8 Å². The number of rotatable bonds is 12. The zero-order valence-corrected chi connectivity index (χ0v) is 25.3. The topological polar surface area (TPSA) is 86.8 Å². The minimum atomic E-state index is -4.13. The van der Waals surface area contributed by atoms with Gasteiger partial charge in [0.05, 0.1) is 10.6 Å². The Balaban J connectivity index is 2.01. The maximum atomic E-state index is 14.0. The summed E-state index contributed by atoms with van der Waals surface area (Å²) in [6.45, 7) is 8.93. The highest BCUT2D eigenvalue weighted by Gasteiger charge is 2.33. The number of hydrogen-bond acceptors (Lipinski definition) is 4. The van der Waals surface area contributed by atoms with E-state index >= 15 is 0 Å². The standard InChI is InChI=1S/C31H38ClN3O4S/c1-6-24(4)33-31(37)25(5)34(19-18-26-10-8-7-9-11-26)30(36)21-35(29-17-14-27(32)20-23(29)3)40(38,39)28-15-12-22(2)13-16-28/h7-17,20,24-25H,6,18-19,21H2,1-5H3,(H,33,37). The predicted octanol–water partition coefficient (Wildman–Crippen LogP) is 5.53. The van der Waals surface area contributed by atoms with Crippen molar-refractivity contribution in [1.29, 1.82) is 0 Å². The molecule has 2 atom stereocenters. The number of halogens is 1. The van der Waals surface area contributed by atoms with Crippen LogP contribution in [0.4, 0.5) is 5.69 Å². The number of aryl methyl sites for hydroxylation is 2.